The van der Waals surface area contributed by atoms with E-state index in [0.717, 1.165) is 24.0 Å². The lowest BCUT2D eigenvalue weighted by atomic mass is 9.98. The topological polar surface area (TPSA) is 116 Å². The first-order chi connectivity index (χ1) is 12.5. The maximum atomic E-state index is 11.8. The van der Waals surface area contributed by atoms with Gasteiger partial charge in [-0.05, 0) is 42.7 Å². The van der Waals surface area contributed by atoms with Gasteiger partial charge in [0.2, 0.25) is 5.96 Å². The lowest BCUT2D eigenvalue weighted by Gasteiger charge is -2.14. The minimum Gasteiger partial charge on any atom is -0.366 e. The second-order valence-corrected chi connectivity index (χ2v) is 5.95. The molecule has 0 atom stereocenters. The Morgan fingerprint density at radius 3 is 2.73 bits per heavy atom. The van der Waals surface area contributed by atoms with E-state index in [1.165, 1.54) is 6.20 Å². The van der Waals surface area contributed by atoms with Crippen LogP contribution < -0.4 is 16.4 Å². The van der Waals surface area contributed by atoms with E-state index in [4.69, 9.17) is 22.6 Å². The number of halogens is 1. The largest absolute Gasteiger partial charge is 0.366 e. The van der Waals surface area contributed by atoms with Crippen LogP contribution in [-0.4, -0.2) is 16.9 Å². The Balaban J connectivity index is 2.54. The minimum absolute atomic E-state index is 0.155. The third kappa shape index (κ3) is 4.71. The molecule has 0 saturated carbocycles. The highest BCUT2D eigenvalue weighted by Crippen LogP contribution is 2.29. The molecule has 26 heavy (non-hydrogen) atoms. The molecule has 1 aromatic carbocycles. The Kier molecular flexibility index (Phi) is 6.53. The highest BCUT2D eigenvalue weighted by Gasteiger charge is 2.15. The van der Waals surface area contributed by atoms with E-state index in [1.54, 1.807) is 18.2 Å². The first kappa shape index (κ1) is 19.2. The lowest BCUT2D eigenvalue weighted by molar-refractivity contribution is 0.100. The van der Waals surface area contributed by atoms with E-state index in [-0.39, 0.29) is 5.96 Å². The van der Waals surface area contributed by atoms with Crippen molar-refractivity contribution >= 4 is 34.8 Å². The van der Waals surface area contributed by atoms with Gasteiger partial charge in [0.25, 0.3) is 5.91 Å². The number of nitrogens with one attached hydrogen (secondary N) is 2. The third-order valence-electron chi connectivity index (χ3n) is 3.67. The predicted molar refractivity (Wildman–Crippen MR) is 102 cm³/mol. The number of nitrogens with two attached hydrogens (primary N) is 1. The lowest BCUT2D eigenvalue weighted by Crippen LogP contribution is -2.27. The number of nitriles is 1. The van der Waals surface area contributed by atoms with Crippen LogP contribution in [0.15, 0.2) is 35.5 Å². The Labute approximate surface area is 156 Å². The average molecular weight is 371 g/mol. The van der Waals surface area contributed by atoms with Gasteiger partial charge >= 0.3 is 0 Å². The van der Waals surface area contributed by atoms with Gasteiger partial charge in [0.15, 0.2) is 6.19 Å². The highest BCUT2D eigenvalue weighted by molar-refractivity contribution is 6.29. The molecule has 0 bridgehead atoms. The maximum absolute atomic E-state index is 11.8. The van der Waals surface area contributed by atoms with Gasteiger partial charge in [-0.25, -0.2) is 9.98 Å². The molecule has 2 aromatic rings. The molecule has 1 aromatic heterocycles. The van der Waals surface area contributed by atoms with Gasteiger partial charge in [-0.15, -0.1) is 0 Å². The summed E-state index contributed by atoms with van der Waals surface area (Å²) in [5.74, 6) is -0.423. The number of carbonyl (C=O) groups excluding carboxylic acids is 1. The van der Waals surface area contributed by atoms with Crippen molar-refractivity contribution in [2.45, 2.75) is 26.7 Å². The number of hydrogen-bond donors (Lipinski definition) is 3. The zero-order chi connectivity index (χ0) is 19.1. The number of hydrogen-bond acceptors (Lipinski definition) is 4. The van der Waals surface area contributed by atoms with E-state index >= 15 is 0 Å². The highest BCUT2D eigenvalue weighted by atomic mass is 35.5. The number of benzene rings is 1. The predicted octanol–water partition coefficient (Wildman–Crippen LogP) is 3.27. The number of amides is 1. The van der Waals surface area contributed by atoms with Gasteiger partial charge in [-0.1, -0.05) is 31.0 Å². The molecule has 1 amide bonds. The summed E-state index contributed by atoms with van der Waals surface area (Å²) in [6.07, 6.45) is 4.94. The van der Waals surface area contributed by atoms with E-state index in [9.17, 15) is 4.79 Å². The molecule has 0 fully saturated rings. The standard InChI is InChI=1S/C18H19ClN6O/c1-3-4-13-11(2)5-7-14(17(21)26)16(13)25-18(23-10-20)24-12-6-8-15(19)22-9-12/h5-9H,3-4H2,1-2H3,(H2,21,26)(H2,23,24,25). The molecular formula is C18H19ClN6O. The number of nitrogens with zero attached hydrogens (tertiary/aromatic N) is 3. The number of primary amides is 1. The number of aliphatic imine (C=N–C) groups is 1. The molecular weight excluding hydrogens is 352 g/mol. The second kappa shape index (κ2) is 8.83. The van der Waals surface area contributed by atoms with Gasteiger partial charge in [-0.3, -0.25) is 10.1 Å². The Morgan fingerprint density at radius 1 is 1.38 bits per heavy atom. The number of pyridine rings is 1. The molecule has 0 radical (unpaired) electrons. The summed E-state index contributed by atoms with van der Waals surface area (Å²) < 4.78 is 0. The van der Waals surface area contributed by atoms with Crippen LogP contribution >= 0.6 is 11.6 Å². The van der Waals surface area contributed by atoms with Crippen molar-refractivity contribution in [3.05, 3.63) is 52.3 Å². The number of aryl methyl sites for hydroxylation is 1. The van der Waals surface area contributed by atoms with Gasteiger partial charge in [0.1, 0.15) is 5.15 Å². The number of aromatic nitrogens is 1. The van der Waals surface area contributed by atoms with Crippen LogP contribution in [0.2, 0.25) is 5.15 Å². The molecule has 8 heteroatoms. The molecule has 134 valence electrons. The third-order valence-corrected chi connectivity index (χ3v) is 3.89. The Morgan fingerprint density at radius 2 is 2.15 bits per heavy atom. The molecule has 0 aliphatic rings. The fourth-order valence-corrected chi connectivity index (χ4v) is 2.58. The number of guanidine groups is 1. The SMILES string of the molecule is CCCc1c(C)ccc(C(N)=O)c1N=C(NC#N)Nc1ccc(Cl)nc1. The Bertz CT molecular complexity index is 870. The monoisotopic (exact) mass is 370 g/mol. The fourth-order valence-electron chi connectivity index (χ4n) is 2.47. The zero-order valence-electron chi connectivity index (χ0n) is 14.5. The van der Waals surface area contributed by atoms with Crippen LogP contribution in [0.3, 0.4) is 0 Å². The summed E-state index contributed by atoms with van der Waals surface area (Å²) in [5.41, 5.74) is 8.76. The smallest absolute Gasteiger partial charge is 0.250 e. The van der Waals surface area contributed by atoms with E-state index < -0.39 is 5.91 Å². The van der Waals surface area contributed by atoms with Crippen LogP contribution in [-0.2, 0) is 6.42 Å². The summed E-state index contributed by atoms with van der Waals surface area (Å²) in [6.45, 7) is 3.98. The van der Waals surface area contributed by atoms with Crippen molar-refractivity contribution in [1.29, 1.82) is 5.26 Å². The van der Waals surface area contributed by atoms with Crippen molar-refractivity contribution in [3.63, 3.8) is 0 Å². The van der Waals surface area contributed by atoms with Crippen LogP contribution in [0.5, 0.6) is 0 Å². The molecule has 4 N–H and O–H groups in total. The zero-order valence-corrected chi connectivity index (χ0v) is 15.3. The minimum atomic E-state index is -0.578. The fraction of sp³-hybridized carbons (Fsp3) is 0.222. The van der Waals surface area contributed by atoms with E-state index in [1.807, 2.05) is 26.1 Å². The van der Waals surface area contributed by atoms with Gasteiger partial charge in [0.05, 0.1) is 23.1 Å². The van der Waals surface area contributed by atoms with Gasteiger partial charge in [0, 0.05) is 0 Å². The quantitative estimate of drug-likeness (QED) is 0.245. The van der Waals surface area contributed by atoms with Crippen LogP contribution in [0.25, 0.3) is 0 Å². The molecule has 7 nitrogen and oxygen atoms in total. The molecule has 0 saturated heterocycles. The number of rotatable bonds is 5. The molecule has 0 aliphatic heterocycles. The molecule has 2 rings (SSSR count). The molecule has 1 heterocycles. The van der Waals surface area contributed by atoms with Crippen molar-refractivity contribution in [3.8, 4) is 6.19 Å². The van der Waals surface area contributed by atoms with E-state index in [2.05, 4.69) is 20.6 Å². The van der Waals surface area contributed by atoms with Crippen LogP contribution in [0.4, 0.5) is 11.4 Å². The van der Waals surface area contributed by atoms with E-state index in [0.29, 0.717) is 22.1 Å². The van der Waals surface area contributed by atoms with Crippen LogP contribution in [0, 0.1) is 18.4 Å². The van der Waals surface area contributed by atoms with Crippen molar-refractivity contribution < 1.29 is 4.79 Å². The summed E-state index contributed by atoms with van der Waals surface area (Å²) in [5, 5.41) is 14.8. The summed E-state index contributed by atoms with van der Waals surface area (Å²) >= 11 is 5.78. The van der Waals surface area contributed by atoms with Gasteiger partial charge < -0.3 is 11.1 Å². The summed E-state index contributed by atoms with van der Waals surface area (Å²) in [6, 6.07) is 6.79. The summed E-state index contributed by atoms with van der Waals surface area (Å²) in [4.78, 5) is 20.3. The maximum Gasteiger partial charge on any atom is 0.250 e. The first-order valence-electron chi connectivity index (χ1n) is 8.01. The van der Waals surface area contributed by atoms with Crippen molar-refractivity contribution in [2.75, 3.05) is 5.32 Å². The van der Waals surface area contributed by atoms with Crippen molar-refractivity contribution in [2.24, 2.45) is 10.7 Å². The van der Waals surface area contributed by atoms with Crippen molar-refractivity contribution in [1.82, 2.24) is 10.3 Å². The number of carbonyl (C=O) groups is 1. The normalized spacial score (nSPS) is 10.9. The molecule has 0 aliphatic carbocycles. The van der Waals surface area contributed by atoms with Crippen LogP contribution in [0.1, 0.15) is 34.8 Å². The molecule has 0 spiro atoms. The summed E-state index contributed by atoms with van der Waals surface area (Å²) in [7, 11) is 0. The average Bonchev–Trinajstić information content (AvgIpc) is 2.60. The second-order valence-electron chi connectivity index (χ2n) is 5.56. The first-order valence-corrected chi connectivity index (χ1v) is 8.38. The number of anilines is 1. The Hall–Kier alpha value is -3.11. The molecule has 0 unspecified atom stereocenters. The van der Waals surface area contributed by atoms with Gasteiger partial charge in [-0.2, -0.15) is 5.26 Å².